The minimum Gasteiger partial charge on any atom is -0.410 e. The van der Waals surface area contributed by atoms with E-state index >= 15 is 0 Å². The van der Waals surface area contributed by atoms with Gasteiger partial charge in [-0.15, -0.1) is 0 Å². The molecule has 28 nitrogen and oxygen atoms in total. The number of carbonyl (C=O) groups is 10. The fourth-order valence-corrected chi connectivity index (χ4v) is 12.8. The van der Waals surface area contributed by atoms with Gasteiger partial charge in [0.15, 0.2) is 0 Å². The third-order valence-electron chi connectivity index (χ3n) is 17.4. The smallest absolute Gasteiger partial charge is 0.410 e. The molecule has 97 heavy (non-hydrogen) atoms. The first-order chi connectivity index (χ1) is 46.9. The van der Waals surface area contributed by atoms with Gasteiger partial charge in [-0.2, -0.15) is 0 Å². The number of hydrogen-bond acceptors (Lipinski definition) is 17. The van der Waals surface area contributed by atoms with Gasteiger partial charge in [0.25, 0.3) is 23.6 Å². The Hall–Kier alpha value is -8.58. The van der Waals surface area contributed by atoms with E-state index in [-0.39, 0.29) is 107 Å². The molecular weight excluding hydrogens is 1320 g/mol. The molecule has 0 saturated carbocycles. The molecular formula is C68H88BrN13O15. The summed E-state index contributed by atoms with van der Waals surface area (Å²) in [5, 5.41) is 18.4. The van der Waals surface area contributed by atoms with Crippen LogP contribution in [0.1, 0.15) is 95.0 Å². The lowest BCUT2D eigenvalue weighted by Crippen LogP contribution is -2.54. The number of halogens is 1. The van der Waals surface area contributed by atoms with Crippen LogP contribution in [0.2, 0.25) is 0 Å². The highest BCUT2D eigenvalue weighted by Gasteiger charge is 2.39. The number of urea groups is 1. The molecule has 29 heteroatoms. The van der Waals surface area contributed by atoms with Crippen LogP contribution in [0.4, 0.5) is 26.7 Å². The largest absolute Gasteiger partial charge is 0.415 e. The molecule has 0 spiro atoms. The van der Waals surface area contributed by atoms with Crippen LogP contribution in [-0.4, -0.2) is 228 Å². The van der Waals surface area contributed by atoms with Crippen LogP contribution in [0.5, 0.6) is 5.75 Å². The molecule has 9 N–H and O–H groups in total. The van der Waals surface area contributed by atoms with Crippen LogP contribution in [0, 0.1) is 5.92 Å². The molecule has 5 heterocycles. The van der Waals surface area contributed by atoms with E-state index in [9.17, 15) is 47.9 Å². The first-order valence-electron chi connectivity index (χ1n) is 33.1. The maximum atomic E-state index is 14.7. The predicted molar refractivity (Wildman–Crippen MR) is 366 cm³/mol. The lowest BCUT2D eigenvalue weighted by atomic mass is 9.87. The molecule has 3 aromatic carbocycles. The fourth-order valence-electron chi connectivity index (χ4n) is 12.2. The lowest BCUT2D eigenvalue weighted by Gasteiger charge is -2.32. The number of nitrogens with one attached hydrogen (secondary N) is 7. The summed E-state index contributed by atoms with van der Waals surface area (Å²) in [4.78, 5) is 141. The number of ether oxygens (including phenoxy) is 5. The number of aromatic amines is 1. The molecule has 1 aliphatic carbocycles. The topological polar surface area (TPSA) is 347 Å². The van der Waals surface area contributed by atoms with E-state index < -0.39 is 47.8 Å². The van der Waals surface area contributed by atoms with Gasteiger partial charge in [0.2, 0.25) is 23.6 Å². The van der Waals surface area contributed by atoms with Crippen molar-refractivity contribution in [2.45, 2.75) is 76.8 Å². The number of nitrogens with two attached hydrogens (primary N) is 1. The van der Waals surface area contributed by atoms with E-state index in [0.717, 1.165) is 69.7 Å². The van der Waals surface area contributed by atoms with E-state index in [2.05, 4.69) is 69.9 Å². The van der Waals surface area contributed by atoms with E-state index in [1.807, 2.05) is 45.2 Å². The van der Waals surface area contributed by atoms with Gasteiger partial charge in [-0.1, -0.05) is 41.9 Å². The first-order valence-corrected chi connectivity index (χ1v) is 34.2. The highest BCUT2D eigenvalue weighted by molar-refractivity contribution is 9.09. The number of carbonyl (C=O) groups excluding carboxylic acids is 10. The third-order valence-corrected chi connectivity index (χ3v) is 18.2. The summed E-state index contributed by atoms with van der Waals surface area (Å²) in [7, 11) is 2.03. The quantitative estimate of drug-likeness (QED) is 0.0185. The van der Waals surface area contributed by atoms with Crippen molar-refractivity contribution in [1.29, 1.82) is 0 Å². The highest BCUT2D eigenvalue weighted by atomic mass is 79.9. The van der Waals surface area contributed by atoms with Gasteiger partial charge < -0.3 is 85.9 Å². The van der Waals surface area contributed by atoms with Crippen LogP contribution >= 0.6 is 15.9 Å². The SMILES string of the molecule is CC(C)[C@H](NCCNC(=O)CCOCCOCCOCCOCCNC(=O)CCN1C(=O)C=CC1=O)C(=O)N[C@@H](CCCNC(N)=O)C(=O)Nc1ccc(C(=O)N2CCc3c2ccc2[nH]c(C(=O)N4C[C@@H](CBr)c5c4cc(OC(=O)N4CCN(C)CC4)c4c5C=CCC4)cc32)cc1. The molecule has 9 rings (SSSR count). The summed E-state index contributed by atoms with van der Waals surface area (Å²) in [6.45, 7) is 10.4. The number of alkyl halides is 1. The van der Waals surface area contributed by atoms with E-state index in [1.165, 1.54) is 12.2 Å². The van der Waals surface area contributed by atoms with E-state index in [4.69, 9.17) is 29.4 Å². The number of nitrogens with zero attached hydrogens (tertiary/aromatic N) is 5. The maximum absolute atomic E-state index is 14.7. The summed E-state index contributed by atoms with van der Waals surface area (Å²) in [6.07, 6.45) is 8.82. The van der Waals surface area contributed by atoms with Gasteiger partial charge in [-0.25, -0.2) is 9.59 Å². The van der Waals surface area contributed by atoms with Gasteiger partial charge in [0.05, 0.1) is 64.6 Å². The predicted octanol–water partition coefficient (Wildman–Crippen LogP) is 3.71. The van der Waals surface area contributed by atoms with Crippen molar-refractivity contribution in [3.63, 3.8) is 0 Å². The Morgan fingerprint density at radius 1 is 0.691 bits per heavy atom. The fraction of sp³-hybridized carbons (Fsp3) is 0.500. The number of benzene rings is 3. The average molecular weight is 1410 g/mol. The summed E-state index contributed by atoms with van der Waals surface area (Å²) in [6, 6.07) is 11.5. The molecule has 1 saturated heterocycles. The molecule has 0 bridgehead atoms. The number of likely N-dealkylation sites (N-methyl/N-ethyl adjacent to an activating group) is 1. The maximum Gasteiger partial charge on any atom is 0.415 e. The zero-order chi connectivity index (χ0) is 69.0. The van der Waals surface area contributed by atoms with Crippen molar-refractivity contribution in [3.8, 4) is 5.75 Å². The molecule has 522 valence electrons. The first kappa shape index (κ1) is 72.7. The summed E-state index contributed by atoms with van der Waals surface area (Å²) < 4.78 is 28.1. The molecule has 4 aliphatic heterocycles. The number of imide groups is 1. The summed E-state index contributed by atoms with van der Waals surface area (Å²) in [5.74, 6) is -2.58. The molecule has 5 aliphatic rings. The number of H-pyrrole nitrogens is 1. The Kier molecular flexibility index (Phi) is 26.7. The summed E-state index contributed by atoms with van der Waals surface area (Å²) in [5.41, 5.74) is 12.6. The Labute approximate surface area is 571 Å². The molecule has 0 radical (unpaired) electrons. The molecule has 0 unspecified atom stereocenters. The number of primary amides is 1. The molecule has 1 aromatic heterocycles. The number of amides is 11. The Morgan fingerprint density at radius 3 is 2.06 bits per heavy atom. The van der Waals surface area contributed by atoms with Gasteiger partial charge >= 0.3 is 12.1 Å². The second-order valence-electron chi connectivity index (χ2n) is 24.5. The second kappa shape index (κ2) is 35.6. The minimum absolute atomic E-state index is 0.00322. The zero-order valence-corrected chi connectivity index (χ0v) is 56.7. The number of aromatic nitrogens is 1. The monoisotopic (exact) mass is 1410 g/mol. The van der Waals surface area contributed by atoms with Crippen LogP contribution in [0.25, 0.3) is 17.0 Å². The second-order valence-corrected chi connectivity index (χ2v) is 25.2. The number of allylic oxidation sites excluding steroid dienone is 1. The van der Waals surface area contributed by atoms with Crippen molar-refractivity contribution in [2.24, 2.45) is 11.7 Å². The van der Waals surface area contributed by atoms with Crippen molar-refractivity contribution >= 4 is 109 Å². The number of rotatable bonds is 35. The van der Waals surface area contributed by atoms with Crippen molar-refractivity contribution in [1.82, 2.24) is 46.3 Å². The minimum atomic E-state index is -1.03. The van der Waals surface area contributed by atoms with Crippen LogP contribution in [0.15, 0.2) is 66.8 Å². The van der Waals surface area contributed by atoms with Gasteiger partial charge in [-0.3, -0.25) is 43.3 Å². The van der Waals surface area contributed by atoms with Gasteiger partial charge in [0, 0.05) is 148 Å². The third kappa shape index (κ3) is 19.6. The van der Waals surface area contributed by atoms with Crippen molar-refractivity contribution in [2.75, 3.05) is 152 Å². The number of anilines is 3. The molecule has 11 amide bonds. The zero-order valence-electron chi connectivity index (χ0n) is 55.1. The highest BCUT2D eigenvalue weighted by Crippen LogP contribution is 2.47. The Bertz CT molecular complexity index is 3550. The number of piperazine rings is 1. The van der Waals surface area contributed by atoms with Crippen LogP contribution < -0.4 is 52.2 Å². The summed E-state index contributed by atoms with van der Waals surface area (Å²) >= 11 is 3.73. The molecule has 3 atom stereocenters. The van der Waals surface area contributed by atoms with Crippen LogP contribution in [-0.2, 0) is 60.6 Å². The van der Waals surface area contributed by atoms with Gasteiger partial charge in [0.1, 0.15) is 17.5 Å². The van der Waals surface area contributed by atoms with Crippen LogP contribution in [0.3, 0.4) is 0 Å². The molecule has 4 aromatic rings. The van der Waals surface area contributed by atoms with E-state index in [0.29, 0.717) is 106 Å². The van der Waals surface area contributed by atoms with Crippen molar-refractivity contribution < 1.29 is 71.6 Å². The van der Waals surface area contributed by atoms with Gasteiger partial charge in [-0.05, 0) is 104 Å². The Morgan fingerprint density at radius 2 is 1.37 bits per heavy atom. The van der Waals surface area contributed by atoms with Crippen molar-refractivity contribution in [3.05, 3.63) is 100 Å². The standard InChI is InChI=1S/C68H88BrN13O15/c1-43(2)62(73-23-22-71-58(84)20-31-93-33-35-95-37-38-96-36-34-94-32-24-72-57(83)19-26-81-59(85)16-17-60(81)86)64(88)77-52(9-6-21-74-67(70)91)63(87)75-46-12-10-44(11-13-46)65(89)80-25-18-47-50-39-53(76-51(50)14-15-54(47)80)66(90)82-42-45(41-69)61-49-8-5-4-7-48(49)56(40-55(61)82)97-68(92)79-29-27-78(3)28-30-79/h5,8,10-17,39-40,43,45,52,62,73,76H,4,6-7,9,18-38,41-42H2,1-3H3,(H,71,84)(H,72,83)(H,75,87)(H,77,88)(H3,70,74,91)/t45-,52+,62+/m1/s1. The van der Waals surface area contributed by atoms with E-state index in [1.54, 1.807) is 39.0 Å². The lowest BCUT2D eigenvalue weighted by molar-refractivity contribution is -0.137. The Balaban J connectivity index is 0.697. The average Bonchev–Trinajstić information content (AvgIpc) is 1.61. The molecule has 1 fully saturated rings. The number of hydrogen-bond donors (Lipinski definition) is 8. The number of fused-ring (bicyclic) bond motifs is 6. The normalized spacial score (nSPS) is 16.3.